The number of β-amino-alcohol motifs (C(OH)–C–C–N with tert-alkyl or cyclic N) is 1. The van der Waals surface area contributed by atoms with Crippen LogP contribution in [0.15, 0.2) is 0 Å². The predicted molar refractivity (Wildman–Crippen MR) is 59.9 cm³/mol. The highest BCUT2D eigenvalue weighted by Crippen LogP contribution is 2.31. The lowest BCUT2D eigenvalue weighted by Crippen LogP contribution is -2.48. The van der Waals surface area contributed by atoms with Crippen molar-refractivity contribution < 1.29 is 5.11 Å². The van der Waals surface area contributed by atoms with Gasteiger partial charge in [0.1, 0.15) is 0 Å². The van der Waals surface area contributed by atoms with Gasteiger partial charge in [-0.1, -0.05) is 0 Å². The Morgan fingerprint density at radius 3 is 2.29 bits per heavy atom. The summed E-state index contributed by atoms with van der Waals surface area (Å²) in [5.41, 5.74) is 0. The Hall–Kier alpha value is 0.170. The minimum absolute atomic E-state index is 0. The number of halogens is 1. The van der Waals surface area contributed by atoms with Crippen molar-refractivity contribution in [1.82, 2.24) is 10.2 Å². The molecule has 2 aliphatic rings. The second kappa shape index (κ2) is 4.79. The molecule has 1 saturated heterocycles. The van der Waals surface area contributed by atoms with Gasteiger partial charge in [-0.05, 0) is 26.7 Å². The number of nitrogens with one attached hydrogen (secondary N) is 1. The molecular weight excluding hydrogens is 200 g/mol. The van der Waals surface area contributed by atoms with Gasteiger partial charge in [0, 0.05) is 31.2 Å². The van der Waals surface area contributed by atoms with Crippen LogP contribution in [0.4, 0.5) is 0 Å². The van der Waals surface area contributed by atoms with Crippen LogP contribution in [0, 0.1) is 0 Å². The van der Waals surface area contributed by atoms with Crippen LogP contribution in [0.3, 0.4) is 0 Å². The maximum Gasteiger partial charge on any atom is 0.0832 e. The van der Waals surface area contributed by atoms with Gasteiger partial charge in [0.15, 0.2) is 0 Å². The van der Waals surface area contributed by atoms with Gasteiger partial charge >= 0.3 is 0 Å². The molecule has 0 aromatic carbocycles. The van der Waals surface area contributed by atoms with Crippen LogP contribution >= 0.6 is 12.4 Å². The molecule has 2 fully saturated rings. The molecule has 2 rings (SSSR count). The SMILES string of the molecule is CC(C)N(C1CC1)[C@@H]1CNC[C@H]1O.Cl. The number of hydrogen-bond donors (Lipinski definition) is 2. The molecule has 0 bridgehead atoms. The van der Waals surface area contributed by atoms with Crippen LogP contribution in [0.2, 0.25) is 0 Å². The molecule has 0 aromatic rings. The predicted octanol–water partition coefficient (Wildman–Crippen LogP) is 0.614. The molecule has 0 spiro atoms. The molecule has 1 aliphatic heterocycles. The second-order valence-corrected chi connectivity index (χ2v) is 4.57. The van der Waals surface area contributed by atoms with E-state index in [-0.39, 0.29) is 18.5 Å². The number of aliphatic hydroxyl groups is 1. The average Bonchev–Trinajstić information content (AvgIpc) is 2.78. The summed E-state index contributed by atoms with van der Waals surface area (Å²) in [4.78, 5) is 2.49. The van der Waals surface area contributed by atoms with E-state index in [9.17, 15) is 5.11 Å². The lowest BCUT2D eigenvalue weighted by molar-refractivity contribution is 0.0574. The summed E-state index contributed by atoms with van der Waals surface area (Å²) < 4.78 is 0. The highest BCUT2D eigenvalue weighted by Gasteiger charge is 2.40. The van der Waals surface area contributed by atoms with E-state index in [2.05, 4.69) is 24.1 Å². The second-order valence-electron chi connectivity index (χ2n) is 4.57. The summed E-state index contributed by atoms with van der Waals surface area (Å²) >= 11 is 0. The summed E-state index contributed by atoms with van der Waals surface area (Å²) in [6.45, 7) is 6.17. The van der Waals surface area contributed by atoms with Gasteiger partial charge < -0.3 is 10.4 Å². The summed E-state index contributed by atoms with van der Waals surface area (Å²) in [5, 5.41) is 13.0. The van der Waals surface area contributed by atoms with Crippen LogP contribution in [-0.4, -0.2) is 47.3 Å². The fourth-order valence-electron chi connectivity index (χ4n) is 2.40. The zero-order valence-corrected chi connectivity index (χ0v) is 9.76. The van der Waals surface area contributed by atoms with Gasteiger partial charge in [-0.3, -0.25) is 4.90 Å². The summed E-state index contributed by atoms with van der Waals surface area (Å²) in [5.74, 6) is 0. The van der Waals surface area contributed by atoms with E-state index in [1.54, 1.807) is 0 Å². The molecule has 0 unspecified atom stereocenters. The minimum Gasteiger partial charge on any atom is -0.390 e. The first-order valence-electron chi connectivity index (χ1n) is 5.36. The molecule has 14 heavy (non-hydrogen) atoms. The maximum atomic E-state index is 9.78. The van der Waals surface area contributed by atoms with Crippen molar-refractivity contribution in [2.45, 2.75) is 50.9 Å². The van der Waals surface area contributed by atoms with Gasteiger partial charge in [0.05, 0.1) is 6.10 Å². The quantitative estimate of drug-likeness (QED) is 0.732. The van der Waals surface area contributed by atoms with Crippen molar-refractivity contribution in [2.24, 2.45) is 0 Å². The molecule has 1 saturated carbocycles. The Morgan fingerprint density at radius 1 is 1.29 bits per heavy atom. The Bertz CT molecular complexity index is 183. The summed E-state index contributed by atoms with van der Waals surface area (Å²) in [6, 6.07) is 1.67. The molecule has 3 nitrogen and oxygen atoms in total. The van der Waals surface area contributed by atoms with Gasteiger partial charge in [-0.15, -0.1) is 12.4 Å². The van der Waals surface area contributed by atoms with E-state index < -0.39 is 0 Å². The first-order valence-corrected chi connectivity index (χ1v) is 5.36. The molecule has 1 heterocycles. The van der Waals surface area contributed by atoms with Gasteiger partial charge in [-0.25, -0.2) is 0 Å². The fraction of sp³-hybridized carbons (Fsp3) is 1.00. The minimum atomic E-state index is -0.164. The molecule has 1 aliphatic carbocycles. The van der Waals surface area contributed by atoms with Gasteiger partial charge in [0.25, 0.3) is 0 Å². The molecule has 0 amide bonds. The first-order chi connectivity index (χ1) is 6.20. The highest BCUT2D eigenvalue weighted by molar-refractivity contribution is 5.85. The normalized spacial score (nSPS) is 32.4. The van der Waals surface area contributed by atoms with Crippen molar-refractivity contribution in [3.05, 3.63) is 0 Å². The Morgan fingerprint density at radius 2 is 1.93 bits per heavy atom. The monoisotopic (exact) mass is 220 g/mol. The zero-order chi connectivity index (χ0) is 9.42. The van der Waals surface area contributed by atoms with Crippen LogP contribution in [-0.2, 0) is 0 Å². The Labute approximate surface area is 92.3 Å². The van der Waals surface area contributed by atoms with Crippen LogP contribution in [0.5, 0.6) is 0 Å². The van der Waals surface area contributed by atoms with Gasteiger partial charge in [0.2, 0.25) is 0 Å². The number of aliphatic hydroxyl groups excluding tert-OH is 1. The molecule has 0 radical (unpaired) electrons. The third-order valence-electron chi connectivity index (χ3n) is 3.10. The zero-order valence-electron chi connectivity index (χ0n) is 8.94. The van der Waals surface area contributed by atoms with Crippen molar-refractivity contribution in [1.29, 1.82) is 0 Å². The van der Waals surface area contributed by atoms with E-state index in [0.29, 0.717) is 12.1 Å². The van der Waals surface area contributed by atoms with Crippen molar-refractivity contribution in [3.8, 4) is 0 Å². The molecule has 0 aromatic heterocycles. The van der Waals surface area contributed by atoms with Crippen LogP contribution in [0.25, 0.3) is 0 Å². The lowest BCUT2D eigenvalue weighted by atomic mass is 10.1. The molecular formula is C10H21ClN2O. The molecule has 2 N–H and O–H groups in total. The summed E-state index contributed by atoms with van der Waals surface area (Å²) in [6.07, 6.45) is 2.48. The van der Waals surface area contributed by atoms with Crippen molar-refractivity contribution in [3.63, 3.8) is 0 Å². The smallest absolute Gasteiger partial charge is 0.0832 e. The van der Waals surface area contributed by atoms with E-state index >= 15 is 0 Å². The van der Waals surface area contributed by atoms with E-state index in [1.807, 2.05) is 0 Å². The standard InChI is InChI=1S/C10H20N2O.ClH/c1-7(2)12(8-3-4-8)9-5-11-6-10(9)13;/h7-11,13H,3-6H2,1-2H3;1H/t9-,10-;/m1./s1. The van der Waals surface area contributed by atoms with E-state index in [0.717, 1.165) is 19.1 Å². The Kier molecular flexibility index (Phi) is 4.19. The Balaban J connectivity index is 0.000000980. The van der Waals surface area contributed by atoms with Crippen LogP contribution in [0.1, 0.15) is 26.7 Å². The fourth-order valence-corrected chi connectivity index (χ4v) is 2.40. The van der Waals surface area contributed by atoms with Crippen LogP contribution < -0.4 is 5.32 Å². The first kappa shape index (κ1) is 12.2. The lowest BCUT2D eigenvalue weighted by Gasteiger charge is -2.34. The largest absolute Gasteiger partial charge is 0.390 e. The molecule has 4 heteroatoms. The number of rotatable bonds is 3. The number of hydrogen-bond acceptors (Lipinski definition) is 3. The highest BCUT2D eigenvalue weighted by atomic mass is 35.5. The van der Waals surface area contributed by atoms with Crippen molar-refractivity contribution in [2.75, 3.05) is 13.1 Å². The third-order valence-corrected chi connectivity index (χ3v) is 3.10. The number of nitrogens with zero attached hydrogens (tertiary/aromatic N) is 1. The molecule has 84 valence electrons. The maximum absolute atomic E-state index is 9.78. The van der Waals surface area contributed by atoms with Gasteiger partial charge in [-0.2, -0.15) is 0 Å². The summed E-state index contributed by atoms with van der Waals surface area (Å²) in [7, 11) is 0. The van der Waals surface area contributed by atoms with E-state index in [1.165, 1.54) is 12.8 Å². The third kappa shape index (κ3) is 2.40. The van der Waals surface area contributed by atoms with E-state index in [4.69, 9.17) is 0 Å². The average molecular weight is 221 g/mol. The topological polar surface area (TPSA) is 35.5 Å². The van der Waals surface area contributed by atoms with Crippen molar-refractivity contribution >= 4 is 12.4 Å². The molecule has 2 atom stereocenters.